The molecule has 3 rings (SSSR count). The lowest BCUT2D eigenvalue weighted by Gasteiger charge is -2.37. The monoisotopic (exact) mass is 275 g/mol. The first-order valence-electron chi connectivity index (χ1n) is 7.51. The molecule has 4 heteroatoms. The van der Waals surface area contributed by atoms with Crippen molar-refractivity contribution in [2.45, 2.75) is 18.6 Å². The molecular weight excluding hydrogens is 250 g/mol. The lowest BCUT2D eigenvalue weighted by atomic mass is 9.99. The van der Waals surface area contributed by atoms with Crippen LogP contribution in [0.15, 0.2) is 24.3 Å². The van der Waals surface area contributed by atoms with Crippen LogP contribution in [0.4, 0.5) is 0 Å². The van der Waals surface area contributed by atoms with Gasteiger partial charge in [0, 0.05) is 31.2 Å². The average molecular weight is 275 g/mol. The standard InChI is InChI=1S/C16H25N3O/c1-18-10-13(11-18)20-16-6-4-3-5-14(16)15-7-12(8-17)9-19(15)2/h3-6,12-13,15H,7-11,17H2,1-2H3. The van der Waals surface area contributed by atoms with Crippen LogP contribution in [0.3, 0.4) is 0 Å². The van der Waals surface area contributed by atoms with E-state index in [4.69, 9.17) is 10.5 Å². The fourth-order valence-corrected chi connectivity index (χ4v) is 3.40. The van der Waals surface area contributed by atoms with Crippen LogP contribution < -0.4 is 10.5 Å². The smallest absolute Gasteiger partial charge is 0.124 e. The van der Waals surface area contributed by atoms with E-state index >= 15 is 0 Å². The van der Waals surface area contributed by atoms with Gasteiger partial charge in [0.15, 0.2) is 0 Å². The highest BCUT2D eigenvalue weighted by molar-refractivity contribution is 5.37. The van der Waals surface area contributed by atoms with E-state index in [9.17, 15) is 0 Å². The second-order valence-corrected chi connectivity index (χ2v) is 6.29. The van der Waals surface area contributed by atoms with Crippen molar-refractivity contribution in [1.82, 2.24) is 9.80 Å². The summed E-state index contributed by atoms with van der Waals surface area (Å²) in [5.74, 6) is 1.66. The van der Waals surface area contributed by atoms with Gasteiger partial charge in [-0.2, -0.15) is 0 Å². The number of hydrogen-bond acceptors (Lipinski definition) is 4. The number of nitrogens with two attached hydrogens (primary N) is 1. The van der Waals surface area contributed by atoms with Crippen LogP contribution >= 0.6 is 0 Å². The van der Waals surface area contributed by atoms with Crippen molar-refractivity contribution in [2.75, 3.05) is 40.3 Å². The second-order valence-electron chi connectivity index (χ2n) is 6.29. The van der Waals surface area contributed by atoms with Gasteiger partial charge in [-0.3, -0.25) is 9.80 Å². The van der Waals surface area contributed by atoms with Crippen molar-refractivity contribution in [1.29, 1.82) is 0 Å². The van der Waals surface area contributed by atoms with Crippen molar-refractivity contribution in [3.05, 3.63) is 29.8 Å². The number of likely N-dealkylation sites (tertiary alicyclic amines) is 2. The zero-order chi connectivity index (χ0) is 14.1. The maximum atomic E-state index is 6.18. The van der Waals surface area contributed by atoms with E-state index in [1.165, 1.54) is 5.56 Å². The summed E-state index contributed by atoms with van der Waals surface area (Å²) >= 11 is 0. The molecule has 0 aromatic heterocycles. The Morgan fingerprint density at radius 1 is 1.20 bits per heavy atom. The molecule has 2 saturated heterocycles. The average Bonchev–Trinajstić information content (AvgIpc) is 2.79. The molecule has 20 heavy (non-hydrogen) atoms. The summed E-state index contributed by atoms with van der Waals surface area (Å²) in [6, 6.07) is 8.93. The van der Waals surface area contributed by atoms with Crippen LogP contribution in [0, 0.1) is 5.92 Å². The van der Waals surface area contributed by atoms with Gasteiger partial charge in [0.25, 0.3) is 0 Å². The van der Waals surface area contributed by atoms with Crippen LogP contribution in [0.2, 0.25) is 0 Å². The van der Waals surface area contributed by atoms with Gasteiger partial charge in [0.1, 0.15) is 11.9 Å². The van der Waals surface area contributed by atoms with Crippen molar-refractivity contribution >= 4 is 0 Å². The van der Waals surface area contributed by atoms with E-state index in [1.54, 1.807) is 0 Å². The number of nitrogens with zero attached hydrogens (tertiary/aromatic N) is 2. The van der Waals surface area contributed by atoms with Crippen molar-refractivity contribution in [3.63, 3.8) is 0 Å². The van der Waals surface area contributed by atoms with Gasteiger partial charge in [-0.05, 0) is 39.0 Å². The van der Waals surface area contributed by atoms with Crippen LogP contribution in [0.5, 0.6) is 5.75 Å². The largest absolute Gasteiger partial charge is 0.487 e. The van der Waals surface area contributed by atoms with E-state index < -0.39 is 0 Å². The summed E-state index contributed by atoms with van der Waals surface area (Å²) in [7, 11) is 4.32. The Balaban J connectivity index is 1.75. The van der Waals surface area contributed by atoms with Gasteiger partial charge in [0.05, 0.1) is 0 Å². The minimum Gasteiger partial charge on any atom is -0.487 e. The lowest BCUT2D eigenvalue weighted by Crippen LogP contribution is -2.51. The molecule has 0 spiro atoms. The predicted molar refractivity (Wildman–Crippen MR) is 80.9 cm³/mol. The van der Waals surface area contributed by atoms with Crippen LogP contribution in [0.25, 0.3) is 0 Å². The number of likely N-dealkylation sites (N-methyl/N-ethyl adjacent to an activating group) is 1. The van der Waals surface area contributed by atoms with Crippen molar-refractivity contribution in [2.24, 2.45) is 11.7 Å². The lowest BCUT2D eigenvalue weighted by molar-refractivity contribution is 0.0373. The molecule has 2 aliphatic heterocycles. The molecule has 2 N–H and O–H groups in total. The number of hydrogen-bond donors (Lipinski definition) is 1. The fourth-order valence-electron chi connectivity index (χ4n) is 3.40. The molecule has 1 aromatic rings. The maximum absolute atomic E-state index is 6.18. The third kappa shape index (κ3) is 2.68. The third-order valence-electron chi connectivity index (χ3n) is 4.57. The Kier molecular flexibility index (Phi) is 3.96. The number of benzene rings is 1. The van der Waals surface area contributed by atoms with E-state index in [2.05, 4.69) is 48.2 Å². The minimum absolute atomic E-state index is 0.346. The first kappa shape index (κ1) is 13.9. The molecular formula is C16H25N3O. The summed E-state index contributed by atoms with van der Waals surface area (Å²) in [4.78, 5) is 4.69. The summed E-state index contributed by atoms with van der Waals surface area (Å²) in [6.07, 6.45) is 1.48. The van der Waals surface area contributed by atoms with Crippen LogP contribution in [-0.4, -0.2) is 56.2 Å². The summed E-state index contributed by atoms with van der Waals surface area (Å²) < 4.78 is 6.18. The molecule has 2 atom stereocenters. The van der Waals surface area contributed by atoms with E-state index in [1.807, 2.05) is 0 Å². The first-order valence-corrected chi connectivity index (χ1v) is 7.51. The molecule has 110 valence electrons. The highest BCUT2D eigenvalue weighted by Crippen LogP contribution is 2.38. The molecule has 0 radical (unpaired) electrons. The van der Waals surface area contributed by atoms with E-state index in [0.29, 0.717) is 18.1 Å². The highest BCUT2D eigenvalue weighted by Gasteiger charge is 2.32. The Labute approximate surface area is 121 Å². The third-order valence-corrected chi connectivity index (χ3v) is 4.57. The van der Waals surface area contributed by atoms with Crippen molar-refractivity contribution < 1.29 is 4.74 Å². The Bertz CT molecular complexity index is 459. The van der Waals surface area contributed by atoms with Gasteiger partial charge in [0.2, 0.25) is 0 Å². The quantitative estimate of drug-likeness (QED) is 0.900. The van der Waals surface area contributed by atoms with Gasteiger partial charge in [-0.25, -0.2) is 0 Å². The molecule has 4 nitrogen and oxygen atoms in total. The van der Waals surface area contributed by atoms with Crippen LogP contribution in [0.1, 0.15) is 18.0 Å². The fraction of sp³-hybridized carbons (Fsp3) is 0.625. The summed E-state index contributed by atoms with van der Waals surface area (Å²) in [5, 5.41) is 0. The van der Waals surface area contributed by atoms with Crippen LogP contribution in [-0.2, 0) is 0 Å². The Morgan fingerprint density at radius 3 is 2.60 bits per heavy atom. The molecule has 0 saturated carbocycles. The molecule has 1 aromatic carbocycles. The molecule has 2 fully saturated rings. The number of rotatable bonds is 4. The second kappa shape index (κ2) is 5.72. The Hall–Kier alpha value is -1.10. The van der Waals surface area contributed by atoms with Gasteiger partial charge >= 0.3 is 0 Å². The SMILES string of the molecule is CN1CC(Oc2ccccc2C2CC(CN)CN2C)C1. The summed E-state index contributed by atoms with van der Waals surface area (Å²) in [6.45, 7) is 3.92. The van der Waals surface area contributed by atoms with Gasteiger partial charge in [-0.1, -0.05) is 18.2 Å². The maximum Gasteiger partial charge on any atom is 0.124 e. The van der Waals surface area contributed by atoms with Crippen molar-refractivity contribution in [3.8, 4) is 5.75 Å². The number of para-hydroxylation sites is 1. The van der Waals surface area contributed by atoms with Gasteiger partial charge in [-0.15, -0.1) is 0 Å². The topological polar surface area (TPSA) is 41.7 Å². The summed E-state index contributed by atoms with van der Waals surface area (Å²) in [5.41, 5.74) is 7.16. The highest BCUT2D eigenvalue weighted by atomic mass is 16.5. The first-order chi connectivity index (χ1) is 9.67. The molecule has 0 aliphatic carbocycles. The molecule has 0 bridgehead atoms. The Morgan fingerprint density at radius 2 is 1.95 bits per heavy atom. The zero-order valence-corrected chi connectivity index (χ0v) is 12.5. The van der Waals surface area contributed by atoms with Gasteiger partial charge < -0.3 is 10.5 Å². The predicted octanol–water partition coefficient (Wildman–Crippen LogP) is 1.33. The van der Waals surface area contributed by atoms with E-state index in [0.717, 1.165) is 38.3 Å². The normalized spacial score (nSPS) is 28.6. The zero-order valence-electron chi connectivity index (χ0n) is 12.5. The molecule has 2 unspecified atom stereocenters. The molecule has 0 amide bonds. The molecule has 2 heterocycles. The van der Waals surface area contributed by atoms with E-state index in [-0.39, 0.29) is 0 Å². The number of ether oxygens (including phenoxy) is 1. The minimum atomic E-state index is 0.346. The molecule has 2 aliphatic rings.